The fourth-order valence-corrected chi connectivity index (χ4v) is 2.75. The van der Waals surface area contributed by atoms with Gasteiger partial charge in [0.2, 0.25) is 0 Å². The average Bonchev–Trinajstić information content (AvgIpc) is 3.16. The Labute approximate surface area is 150 Å². The average molecular weight is 354 g/mol. The van der Waals surface area contributed by atoms with Crippen molar-refractivity contribution in [2.75, 3.05) is 20.2 Å². The third-order valence-corrected chi connectivity index (χ3v) is 4.03. The molecule has 2 aromatic rings. The molecule has 0 aromatic carbocycles. The van der Waals surface area contributed by atoms with Crippen LogP contribution in [0, 0.1) is 6.92 Å². The standard InChI is InChI=1S/C18H18N4O4/c1-12-8-14(10-19-9-12)16(23)21-6-3-7-22(21)17(24)15-5-4-13(11-20-15)18(25)26-2/h4-5,8-11H,3,6-7H2,1-2H3. The second kappa shape index (κ2) is 7.30. The van der Waals surface area contributed by atoms with Crippen LogP contribution in [-0.2, 0) is 4.74 Å². The molecule has 1 fully saturated rings. The minimum absolute atomic E-state index is 0.153. The number of carbonyl (C=O) groups excluding carboxylic acids is 3. The zero-order valence-corrected chi connectivity index (χ0v) is 14.5. The molecule has 0 aliphatic carbocycles. The first-order valence-corrected chi connectivity index (χ1v) is 8.11. The molecule has 0 radical (unpaired) electrons. The van der Waals surface area contributed by atoms with Gasteiger partial charge >= 0.3 is 5.97 Å². The van der Waals surface area contributed by atoms with Crippen LogP contribution in [-0.4, -0.2) is 58.0 Å². The number of aromatic nitrogens is 2. The topological polar surface area (TPSA) is 92.7 Å². The zero-order valence-electron chi connectivity index (χ0n) is 14.5. The fourth-order valence-electron chi connectivity index (χ4n) is 2.75. The Morgan fingerprint density at radius 2 is 1.73 bits per heavy atom. The smallest absolute Gasteiger partial charge is 0.339 e. The third kappa shape index (κ3) is 3.39. The van der Waals surface area contributed by atoms with E-state index in [0.29, 0.717) is 25.1 Å². The van der Waals surface area contributed by atoms with Gasteiger partial charge in [-0.05, 0) is 37.1 Å². The minimum atomic E-state index is -0.526. The van der Waals surface area contributed by atoms with E-state index in [9.17, 15) is 14.4 Å². The van der Waals surface area contributed by atoms with Crippen LogP contribution in [0.5, 0.6) is 0 Å². The van der Waals surface area contributed by atoms with Crippen molar-refractivity contribution in [1.29, 1.82) is 0 Å². The molecule has 1 saturated heterocycles. The Hall–Kier alpha value is -3.29. The maximum atomic E-state index is 12.7. The van der Waals surface area contributed by atoms with Gasteiger partial charge in [-0.15, -0.1) is 0 Å². The quantitative estimate of drug-likeness (QED) is 0.775. The molecule has 134 valence electrons. The van der Waals surface area contributed by atoms with Gasteiger partial charge in [0, 0.05) is 31.7 Å². The van der Waals surface area contributed by atoms with Crippen molar-refractivity contribution in [1.82, 2.24) is 20.0 Å². The molecule has 26 heavy (non-hydrogen) atoms. The fraction of sp³-hybridized carbons (Fsp3) is 0.278. The highest BCUT2D eigenvalue weighted by Gasteiger charge is 2.32. The number of rotatable bonds is 3. The van der Waals surface area contributed by atoms with E-state index in [0.717, 1.165) is 5.56 Å². The molecule has 1 aliphatic rings. The monoisotopic (exact) mass is 354 g/mol. The Bertz CT molecular complexity index is 851. The van der Waals surface area contributed by atoms with Crippen molar-refractivity contribution >= 4 is 17.8 Å². The summed E-state index contributed by atoms with van der Waals surface area (Å²) < 4.78 is 4.61. The number of methoxy groups -OCH3 is 1. The largest absolute Gasteiger partial charge is 0.465 e. The molecule has 8 nitrogen and oxygen atoms in total. The van der Waals surface area contributed by atoms with Crippen molar-refractivity contribution in [2.24, 2.45) is 0 Å². The third-order valence-electron chi connectivity index (χ3n) is 4.03. The van der Waals surface area contributed by atoms with Crippen molar-refractivity contribution in [2.45, 2.75) is 13.3 Å². The van der Waals surface area contributed by atoms with Gasteiger partial charge in [-0.3, -0.25) is 19.6 Å². The van der Waals surface area contributed by atoms with E-state index in [4.69, 9.17) is 0 Å². The molecule has 0 unspecified atom stereocenters. The van der Waals surface area contributed by atoms with Crippen LogP contribution in [0.2, 0.25) is 0 Å². The number of carbonyl (C=O) groups is 3. The number of hydrazine groups is 1. The summed E-state index contributed by atoms with van der Waals surface area (Å²) in [7, 11) is 1.27. The Balaban J connectivity index is 1.80. The summed E-state index contributed by atoms with van der Waals surface area (Å²) in [6.07, 6.45) is 5.11. The first-order chi connectivity index (χ1) is 12.5. The molecule has 0 spiro atoms. The van der Waals surface area contributed by atoms with E-state index >= 15 is 0 Å². The minimum Gasteiger partial charge on any atom is -0.465 e. The Morgan fingerprint density at radius 3 is 2.35 bits per heavy atom. The van der Waals surface area contributed by atoms with Gasteiger partial charge in [0.25, 0.3) is 11.8 Å². The van der Waals surface area contributed by atoms with E-state index < -0.39 is 11.9 Å². The number of hydrogen-bond donors (Lipinski definition) is 0. The lowest BCUT2D eigenvalue weighted by atomic mass is 10.2. The van der Waals surface area contributed by atoms with Crippen LogP contribution < -0.4 is 0 Å². The molecule has 2 amide bonds. The van der Waals surface area contributed by atoms with Gasteiger partial charge in [-0.2, -0.15) is 0 Å². The van der Waals surface area contributed by atoms with Crippen LogP contribution in [0.1, 0.15) is 43.2 Å². The molecular weight excluding hydrogens is 336 g/mol. The maximum absolute atomic E-state index is 12.7. The van der Waals surface area contributed by atoms with Gasteiger partial charge in [0.05, 0.1) is 18.2 Å². The second-order valence-electron chi connectivity index (χ2n) is 5.88. The van der Waals surface area contributed by atoms with Crippen LogP contribution in [0.4, 0.5) is 0 Å². The number of esters is 1. The van der Waals surface area contributed by atoms with E-state index in [1.54, 1.807) is 12.3 Å². The van der Waals surface area contributed by atoms with Crippen molar-refractivity contribution < 1.29 is 19.1 Å². The summed E-state index contributed by atoms with van der Waals surface area (Å²) >= 11 is 0. The second-order valence-corrected chi connectivity index (χ2v) is 5.88. The molecule has 0 atom stereocenters. The number of nitrogens with zero attached hydrogens (tertiary/aromatic N) is 4. The Morgan fingerprint density at radius 1 is 1.00 bits per heavy atom. The highest BCUT2D eigenvalue weighted by Crippen LogP contribution is 2.18. The molecule has 1 aliphatic heterocycles. The van der Waals surface area contributed by atoms with Gasteiger partial charge < -0.3 is 4.74 Å². The van der Waals surface area contributed by atoms with E-state index in [1.165, 1.54) is 41.7 Å². The molecule has 0 bridgehead atoms. The van der Waals surface area contributed by atoms with Crippen molar-refractivity contribution in [3.05, 3.63) is 59.2 Å². The maximum Gasteiger partial charge on any atom is 0.339 e. The lowest BCUT2D eigenvalue weighted by Crippen LogP contribution is -2.45. The number of amides is 2. The van der Waals surface area contributed by atoms with E-state index in [2.05, 4.69) is 14.7 Å². The number of ether oxygens (including phenoxy) is 1. The molecule has 0 N–H and O–H groups in total. The van der Waals surface area contributed by atoms with Crippen LogP contribution in [0.3, 0.4) is 0 Å². The molecule has 2 aromatic heterocycles. The van der Waals surface area contributed by atoms with Crippen LogP contribution in [0.25, 0.3) is 0 Å². The van der Waals surface area contributed by atoms with Gasteiger partial charge in [0.15, 0.2) is 0 Å². The number of hydrogen-bond acceptors (Lipinski definition) is 6. The first-order valence-electron chi connectivity index (χ1n) is 8.11. The normalized spacial score (nSPS) is 13.6. The SMILES string of the molecule is COC(=O)c1ccc(C(=O)N2CCCN2C(=O)c2cncc(C)c2)nc1. The summed E-state index contributed by atoms with van der Waals surface area (Å²) in [4.78, 5) is 45.0. The highest BCUT2D eigenvalue weighted by atomic mass is 16.5. The Kier molecular flexibility index (Phi) is 4.92. The molecule has 8 heteroatoms. The van der Waals surface area contributed by atoms with Crippen LogP contribution >= 0.6 is 0 Å². The van der Waals surface area contributed by atoms with Gasteiger partial charge in [0.1, 0.15) is 5.69 Å². The van der Waals surface area contributed by atoms with Gasteiger partial charge in [-0.25, -0.2) is 14.8 Å². The lowest BCUT2D eigenvalue weighted by molar-refractivity contribution is 0.0182. The predicted octanol–water partition coefficient (Wildman–Crippen LogP) is 1.47. The summed E-state index contributed by atoms with van der Waals surface area (Å²) in [5.74, 6) is -1.20. The summed E-state index contributed by atoms with van der Waals surface area (Å²) in [5, 5.41) is 2.79. The number of aryl methyl sites for hydroxylation is 1. The van der Waals surface area contributed by atoms with Crippen LogP contribution in [0.15, 0.2) is 36.8 Å². The zero-order chi connectivity index (χ0) is 18.7. The van der Waals surface area contributed by atoms with Crippen molar-refractivity contribution in [3.8, 4) is 0 Å². The molecule has 0 saturated carbocycles. The summed E-state index contributed by atoms with van der Waals surface area (Å²) in [6, 6.07) is 4.66. The molecule has 3 rings (SSSR count). The number of pyridine rings is 2. The van der Waals surface area contributed by atoms with Gasteiger partial charge in [-0.1, -0.05) is 0 Å². The predicted molar refractivity (Wildman–Crippen MR) is 91.2 cm³/mol. The summed E-state index contributed by atoms with van der Waals surface area (Å²) in [5.41, 5.74) is 1.70. The van der Waals surface area contributed by atoms with Crippen molar-refractivity contribution in [3.63, 3.8) is 0 Å². The molecule has 3 heterocycles. The first kappa shape index (κ1) is 17.5. The van der Waals surface area contributed by atoms with E-state index in [-0.39, 0.29) is 17.2 Å². The molecular formula is C18H18N4O4. The van der Waals surface area contributed by atoms with E-state index in [1.807, 2.05) is 6.92 Å². The summed E-state index contributed by atoms with van der Waals surface area (Å²) in [6.45, 7) is 2.71. The highest BCUT2D eigenvalue weighted by molar-refractivity contribution is 5.99. The lowest BCUT2D eigenvalue weighted by Gasteiger charge is -2.27.